The molecule has 1 saturated heterocycles. The van der Waals surface area contributed by atoms with Crippen LogP contribution in [0.15, 0.2) is 0 Å². The van der Waals surface area contributed by atoms with Crippen LogP contribution in [0.4, 0.5) is 0 Å². The van der Waals surface area contributed by atoms with Crippen molar-refractivity contribution in [1.29, 1.82) is 0 Å². The van der Waals surface area contributed by atoms with Crippen molar-refractivity contribution in [3.63, 3.8) is 0 Å². The third-order valence-corrected chi connectivity index (χ3v) is 6.40. The molecule has 0 aromatic rings. The fourth-order valence-electron chi connectivity index (χ4n) is 3.53. The second-order valence-electron chi connectivity index (χ2n) is 7.39. The van der Waals surface area contributed by atoms with Crippen LogP contribution in [0.25, 0.3) is 0 Å². The molecule has 2 heteroatoms. The van der Waals surface area contributed by atoms with Gasteiger partial charge in [-0.05, 0) is 25.7 Å². The average Bonchev–Trinajstić information content (AvgIpc) is 2.49. The minimum Gasteiger partial charge on any atom is -0.380 e. The third kappa shape index (κ3) is 10.5. The second kappa shape index (κ2) is 12.7. The molecule has 1 atom stereocenters. The molecular formula is C19H40OSi. The zero-order valence-electron chi connectivity index (χ0n) is 14.9. The monoisotopic (exact) mass is 312 g/mol. The normalized spacial score (nSPS) is 22.7. The van der Waals surface area contributed by atoms with Gasteiger partial charge in [0.15, 0.2) is 0 Å². The minimum absolute atomic E-state index is 0.358. The van der Waals surface area contributed by atoms with Crippen molar-refractivity contribution in [2.75, 3.05) is 6.61 Å². The van der Waals surface area contributed by atoms with Gasteiger partial charge >= 0.3 is 0 Å². The molecule has 0 aromatic heterocycles. The SMILES string of the molecule is CCCCCCCCCCCCCCC1([SiH3])CCCCO1. The van der Waals surface area contributed by atoms with E-state index in [0.29, 0.717) is 5.22 Å². The Kier molecular flexibility index (Phi) is 11.6. The molecule has 21 heavy (non-hydrogen) atoms. The molecule has 0 radical (unpaired) electrons. The summed E-state index contributed by atoms with van der Waals surface area (Å²) in [5.74, 6) is 0. The lowest BCUT2D eigenvalue weighted by molar-refractivity contribution is -0.0240. The molecule has 0 amide bonds. The Hall–Kier alpha value is 0.177. The van der Waals surface area contributed by atoms with Gasteiger partial charge < -0.3 is 4.74 Å². The van der Waals surface area contributed by atoms with Gasteiger partial charge in [0, 0.05) is 22.1 Å². The molecule has 1 rings (SSSR count). The van der Waals surface area contributed by atoms with E-state index in [9.17, 15) is 0 Å². The second-order valence-corrected chi connectivity index (χ2v) is 9.22. The average molecular weight is 313 g/mol. The van der Waals surface area contributed by atoms with Crippen molar-refractivity contribution < 1.29 is 4.74 Å². The summed E-state index contributed by atoms with van der Waals surface area (Å²) in [7, 11) is 1.23. The molecule has 0 aliphatic carbocycles. The molecule has 126 valence electrons. The van der Waals surface area contributed by atoms with Gasteiger partial charge in [-0.25, -0.2) is 0 Å². The van der Waals surface area contributed by atoms with Crippen LogP contribution in [0, 0.1) is 0 Å². The first-order chi connectivity index (χ1) is 10.3. The van der Waals surface area contributed by atoms with Gasteiger partial charge in [0.1, 0.15) is 0 Å². The van der Waals surface area contributed by atoms with Gasteiger partial charge in [-0.3, -0.25) is 0 Å². The molecule has 0 aromatic carbocycles. The Morgan fingerprint density at radius 1 is 0.762 bits per heavy atom. The fraction of sp³-hybridized carbons (Fsp3) is 1.00. The van der Waals surface area contributed by atoms with Crippen LogP contribution < -0.4 is 0 Å². The lowest BCUT2D eigenvalue weighted by atomic mass is 10.0. The number of hydrogen-bond acceptors (Lipinski definition) is 1. The standard InChI is InChI=1S/C19H40OSi/c1-2-3-4-5-6-7-8-9-10-11-12-13-16-19(21)17-14-15-18-20-19/h2-18H2,1,21H3. The number of rotatable bonds is 13. The lowest BCUT2D eigenvalue weighted by Crippen LogP contribution is -2.36. The molecule has 0 spiro atoms. The van der Waals surface area contributed by atoms with Crippen LogP contribution in [0.2, 0.25) is 0 Å². The van der Waals surface area contributed by atoms with E-state index in [-0.39, 0.29) is 0 Å². The van der Waals surface area contributed by atoms with E-state index in [1.807, 2.05) is 0 Å². The Labute approximate surface area is 137 Å². The molecule has 0 saturated carbocycles. The first-order valence-electron chi connectivity index (χ1n) is 9.91. The lowest BCUT2D eigenvalue weighted by Gasteiger charge is -2.34. The molecule has 1 unspecified atom stereocenters. The molecular weight excluding hydrogens is 272 g/mol. The highest BCUT2D eigenvalue weighted by Gasteiger charge is 2.26. The van der Waals surface area contributed by atoms with Crippen LogP contribution >= 0.6 is 0 Å². The Morgan fingerprint density at radius 2 is 1.29 bits per heavy atom. The Morgan fingerprint density at radius 3 is 1.76 bits per heavy atom. The van der Waals surface area contributed by atoms with E-state index in [1.54, 1.807) is 0 Å². The molecule has 1 fully saturated rings. The zero-order chi connectivity index (χ0) is 15.2. The Balaban J connectivity index is 1.78. The summed E-state index contributed by atoms with van der Waals surface area (Å²) in [6.45, 7) is 3.32. The van der Waals surface area contributed by atoms with Gasteiger partial charge in [-0.1, -0.05) is 84.0 Å². The van der Waals surface area contributed by atoms with Gasteiger partial charge in [0.2, 0.25) is 0 Å². The number of hydrogen-bond donors (Lipinski definition) is 0. The maximum Gasteiger partial charge on any atom is 0.0486 e. The van der Waals surface area contributed by atoms with Gasteiger partial charge in [-0.15, -0.1) is 0 Å². The third-order valence-electron chi connectivity index (χ3n) is 5.11. The van der Waals surface area contributed by atoms with E-state index in [0.717, 1.165) is 6.61 Å². The summed E-state index contributed by atoms with van der Waals surface area (Å²) in [5.41, 5.74) is 0. The van der Waals surface area contributed by atoms with Crippen molar-refractivity contribution in [2.24, 2.45) is 0 Å². The molecule has 1 heterocycles. The predicted molar refractivity (Wildman–Crippen MR) is 98.2 cm³/mol. The summed E-state index contributed by atoms with van der Waals surface area (Å²) < 4.78 is 6.03. The maximum atomic E-state index is 6.03. The maximum absolute atomic E-state index is 6.03. The molecule has 1 aliphatic rings. The molecule has 1 aliphatic heterocycles. The highest BCUT2D eigenvalue weighted by Crippen LogP contribution is 2.27. The largest absolute Gasteiger partial charge is 0.380 e. The first kappa shape index (κ1) is 19.2. The number of unbranched alkanes of at least 4 members (excludes halogenated alkanes) is 11. The summed E-state index contributed by atoms with van der Waals surface area (Å²) in [6, 6.07) is 0. The topological polar surface area (TPSA) is 9.23 Å². The minimum atomic E-state index is 0.358. The van der Waals surface area contributed by atoms with Gasteiger partial charge in [-0.2, -0.15) is 0 Å². The predicted octanol–water partition coefficient (Wildman–Crippen LogP) is 5.34. The van der Waals surface area contributed by atoms with E-state index in [1.165, 1.54) is 113 Å². The summed E-state index contributed by atoms with van der Waals surface area (Å²) in [6.07, 6.45) is 22.8. The van der Waals surface area contributed by atoms with E-state index in [4.69, 9.17) is 4.74 Å². The van der Waals surface area contributed by atoms with E-state index < -0.39 is 0 Å². The van der Waals surface area contributed by atoms with E-state index in [2.05, 4.69) is 6.92 Å². The zero-order valence-corrected chi connectivity index (χ0v) is 16.9. The van der Waals surface area contributed by atoms with Crippen molar-refractivity contribution in [1.82, 2.24) is 0 Å². The van der Waals surface area contributed by atoms with Crippen molar-refractivity contribution in [3.8, 4) is 0 Å². The van der Waals surface area contributed by atoms with Crippen LogP contribution in [0.3, 0.4) is 0 Å². The van der Waals surface area contributed by atoms with Crippen molar-refractivity contribution >= 4 is 10.2 Å². The van der Waals surface area contributed by atoms with Crippen molar-refractivity contribution in [2.45, 2.75) is 115 Å². The summed E-state index contributed by atoms with van der Waals surface area (Å²) in [4.78, 5) is 0. The van der Waals surface area contributed by atoms with Crippen LogP contribution in [0.1, 0.15) is 110 Å². The highest BCUT2D eigenvalue weighted by molar-refractivity contribution is 6.14. The van der Waals surface area contributed by atoms with Crippen molar-refractivity contribution in [3.05, 3.63) is 0 Å². The van der Waals surface area contributed by atoms with Crippen LogP contribution in [-0.2, 0) is 4.74 Å². The quantitative estimate of drug-likeness (QED) is 0.329. The van der Waals surface area contributed by atoms with Gasteiger partial charge in [0.05, 0.1) is 0 Å². The molecule has 0 N–H and O–H groups in total. The first-order valence-corrected chi connectivity index (χ1v) is 10.9. The molecule has 1 nitrogen and oxygen atoms in total. The fourth-order valence-corrected chi connectivity index (χ4v) is 4.44. The summed E-state index contributed by atoms with van der Waals surface area (Å²) >= 11 is 0. The van der Waals surface area contributed by atoms with Crippen LogP contribution in [0.5, 0.6) is 0 Å². The van der Waals surface area contributed by atoms with Gasteiger partial charge in [0.25, 0.3) is 0 Å². The van der Waals surface area contributed by atoms with Crippen LogP contribution in [-0.4, -0.2) is 22.1 Å². The Bertz CT molecular complexity index is 224. The smallest absolute Gasteiger partial charge is 0.0486 e. The van der Waals surface area contributed by atoms with E-state index >= 15 is 0 Å². The number of ether oxygens (including phenoxy) is 1. The summed E-state index contributed by atoms with van der Waals surface area (Å²) in [5, 5.41) is 0.358. The highest BCUT2D eigenvalue weighted by atomic mass is 28.1. The molecule has 0 bridgehead atoms.